The van der Waals surface area contributed by atoms with Gasteiger partial charge in [0.1, 0.15) is 5.75 Å². The van der Waals surface area contributed by atoms with Gasteiger partial charge in [0.05, 0.1) is 17.7 Å². The molecule has 1 N–H and O–H groups in total. The van der Waals surface area contributed by atoms with Gasteiger partial charge in [-0.15, -0.1) is 0 Å². The maximum absolute atomic E-state index is 12.9. The van der Waals surface area contributed by atoms with Gasteiger partial charge in [0.2, 0.25) is 0 Å². The largest absolute Gasteiger partial charge is 0.493 e. The third-order valence-corrected chi connectivity index (χ3v) is 6.31. The lowest BCUT2D eigenvalue weighted by Gasteiger charge is -2.20. The standard InChI is InChI=1S/C24H28N2O3S/c1-6-29-22-14-12-18-9-7-8-10-20(18)21(22)16-25-26-30(27,28)23-15-19(24(3,4)5)13-11-17(23)2/h7-16,26H,6H2,1-5H3/b25-16+. The van der Waals surface area contributed by atoms with Crippen molar-refractivity contribution in [2.45, 2.75) is 44.9 Å². The molecular weight excluding hydrogens is 396 g/mol. The van der Waals surface area contributed by atoms with E-state index in [1.807, 2.05) is 55.5 Å². The van der Waals surface area contributed by atoms with E-state index >= 15 is 0 Å². The van der Waals surface area contributed by atoms with Crippen LogP contribution in [0.2, 0.25) is 0 Å². The molecule has 3 aromatic carbocycles. The molecule has 0 aliphatic heterocycles. The molecule has 0 spiro atoms. The molecule has 3 aromatic rings. The minimum atomic E-state index is -3.81. The van der Waals surface area contributed by atoms with E-state index in [0.717, 1.165) is 21.9 Å². The highest BCUT2D eigenvalue weighted by atomic mass is 32.2. The fourth-order valence-electron chi connectivity index (χ4n) is 3.26. The summed E-state index contributed by atoms with van der Waals surface area (Å²) in [5.74, 6) is 0.657. The Hall–Kier alpha value is -2.86. The number of aryl methyl sites for hydroxylation is 1. The molecule has 0 saturated carbocycles. The summed E-state index contributed by atoms with van der Waals surface area (Å²) in [6.07, 6.45) is 1.51. The quantitative estimate of drug-likeness (QED) is 0.439. The van der Waals surface area contributed by atoms with Gasteiger partial charge >= 0.3 is 0 Å². The molecule has 0 saturated heterocycles. The van der Waals surface area contributed by atoms with Crippen LogP contribution in [0.4, 0.5) is 0 Å². The van der Waals surface area contributed by atoms with Crippen LogP contribution in [0.25, 0.3) is 10.8 Å². The Kier molecular flexibility index (Phi) is 6.17. The van der Waals surface area contributed by atoms with E-state index in [1.165, 1.54) is 6.21 Å². The van der Waals surface area contributed by atoms with Crippen LogP contribution in [0.15, 0.2) is 64.6 Å². The van der Waals surface area contributed by atoms with Crippen LogP contribution in [0, 0.1) is 6.92 Å². The lowest BCUT2D eigenvalue weighted by molar-refractivity contribution is 0.340. The van der Waals surface area contributed by atoms with Crippen molar-refractivity contribution in [3.63, 3.8) is 0 Å². The Morgan fingerprint density at radius 1 is 1.07 bits per heavy atom. The van der Waals surface area contributed by atoms with Gasteiger partial charge in [0, 0.05) is 5.56 Å². The van der Waals surface area contributed by atoms with Crippen LogP contribution in [0.5, 0.6) is 5.75 Å². The van der Waals surface area contributed by atoms with Crippen LogP contribution >= 0.6 is 0 Å². The van der Waals surface area contributed by atoms with Crippen molar-refractivity contribution in [1.29, 1.82) is 0 Å². The zero-order valence-electron chi connectivity index (χ0n) is 18.1. The zero-order chi connectivity index (χ0) is 21.9. The number of sulfonamides is 1. The number of rotatable bonds is 6. The molecule has 0 amide bonds. The highest BCUT2D eigenvalue weighted by Gasteiger charge is 2.21. The third-order valence-electron chi connectivity index (χ3n) is 4.94. The second kappa shape index (κ2) is 8.48. The van der Waals surface area contributed by atoms with E-state index in [4.69, 9.17) is 4.74 Å². The molecule has 0 radical (unpaired) electrons. The van der Waals surface area contributed by atoms with Crippen molar-refractivity contribution in [3.8, 4) is 5.75 Å². The Labute approximate surface area is 178 Å². The van der Waals surface area contributed by atoms with E-state index in [0.29, 0.717) is 17.9 Å². The fourth-order valence-corrected chi connectivity index (χ4v) is 4.32. The van der Waals surface area contributed by atoms with E-state index < -0.39 is 10.0 Å². The molecule has 0 aromatic heterocycles. The van der Waals surface area contributed by atoms with Crippen LogP contribution in [0.3, 0.4) is 0 Å². The Bertz CT molecular complexity index is 1190. The average molecular weight is 425 g/mol. The first-order valence-electron chi connectivity index (χ1n) is 9.94. The van der Waals surface area contributed by atoms with E-state index in [-0.39, 0.29) is 10.3 Å². The molecule has 0 atom stereocenters. The van der Waals surface area contributed by atoms with Crippen LogP contribution in [0.1, 0.15) is 44.4 Å². The number of benzene rings is 3. The number of hydrogen-bond acceptors (Lipinski definition) is 4. The van der Waals surface area contributed by atoms with E-state index in [1.54, 1.807) is 13.0 Å². The molecule has 0 heterocycles. The molecule has 0 aliphatic carbocycles. The predicted molar refractivity (Wildman–Crippen MR) is 123 cm³/mol. The van der Waals surface area contributed by atoms with Crippen molar-refractivity contribution in [2.24, 2.45) is 5.10 Å². The van der Waals surface area contributed by atoms with Crippen molar-refractivity contribution in [2.75, 3.05) is 6.61 Å². The Balaban J connectivity index is 1.96. The van der Waals surface area contributed by atoms with Gasteiger partial charge in [-0.2, -0.15) is 13.5 Å². The van der Waals surface area contributed by atoms with Crippen LogP contribution in [-0.4, -0.2) is 21.2 Å². The zero-order valence-corrected chi connectivity index (χ0v) is 18.9. The molecule has 0 unspecified atom stereocenters. The summed E-state index contributed by atoms with van der Waals surface area (Å²) in [6.45, 7) is 10.3. The summed E-state index contributed by atoms with van der Waals surface area (Å²) in [5, 5.41) is 6.04. The van der Waals surface area contributed by atoms with Crippen molar-refractivity contribution < 1.29 is 13.2 Å². The molecule has 5 nitrogen and oxygen atoms in total. The monoisotopic (exact) mass is 424 g/mol. The highest BCUT2D eigenvalue weighted by molar-refractivity contribution is 7.89. The first-order valence-corrected chi connectivity index (χ1v) is 11.4. The Morgan fingerprint density at radius 2 is 1.80 bits per heavy atom. The maximum atomic E-state index is 12.9. The van der Waals surface area contributed by atoms with Gasteiger partial charge < -0.3 is 4.74 Å². The summed E-state index contributed by atoms with van der Waals surface area (Å²) >= 11 is 0. The number of hydrazone groups is 1. The first kappa shape index (κ1) is 21.8. The first-order chi connectivity index (χ1) is 14.1. The normalized spacial score (nSPS) is 12.4. The highest BCUT2D eigenvalue weighted by Crippen LogP contribution is 2.28. The minimum Gasteiger partial charge on any atom is -0.493 e. The van der Waals surface area contributed by atoms with E-state index in [9.17, 15) is 8.42 Å². The molecule has 30 heavy (non-hydrogen) atoms. The SMILES string of the molecule is CCOc1ccc2ccccc2c1/C=N/NS(=O)(=O)c1cc(C(C)(C)C)ccc1C. The molecular formula is C24H28N2O3S. The summed E-state index contributed by atoms with van der Waals surface area (Å²) in [4.78, 5) is 2.59. The fraction of sp³-hybridized carbons (Fsp3) is 0.292. The summed E-state index contributed by atoms with van der Waals surface area (Å²) in [5.41, 5.74) is 2.20. The molecule has 3 rings (SSSR count). The lowest BCUT2D eigenvalue weighted by Crippen LogP contribution is -2.21. The van der Waals surface area contributed by atoms with Gasteiger partial charge in [0.15, 0.2) is 0 Å². The molecule has 158 valence electrons. The molecule has 0 aliphatic rings. The minimum absolute atomic E-state index is 0.156. The van der Waals surface area contributed by atoms with Gasteiger partial charge in [0.25, 0.3) is 10.0 Å². The van der Waals surface area contributed by atoms with Crippen molar-refractivity contribution >= 4 is 27.0 Å². The van der Waals surface area contributed by atoms with Crippen LogP contribution in [-0.2, 0) is 15.4 Å². The second-order valence-electron chi connectivity index (χ2n) is 8.21. The predicted octanol–water partition coefficient (Wildman–Crippen LogP) is 5.16. The number of ether oxygens (including phenoxy) is 1. The summed E-state index contributed by atoms with van der Waals surface area (Å²) in [6, 6.07) is 17.2. The number of nitrogens with zero attached hydrogens (tertiary/aromatic N) is 1. The second-order valence-corrected chi connectivity index (χ2v) is 9.84. The van der Waals surface area contributed by atoms with Crippen LogP contribution < -0.4 is 9.57 Å². The average Bonchev–Trinajstić information content (AvgIpc) is 2.68. The van der Waals surface area contributed by atoms with E-state index in [2.05, 4.69) is 30.7 Å². The molecule has 0 bridgehead atoms. The summed E-state index contributed by atoms with van der Waals surface area (Å²) < 4.78 is 31.6. The Morgan fingerprint density at radius 3 is 2.50 bits per heavy atom. The number of nitrogens with one attached hydrogen (secondary N) is 1. The summed E-state index contributed by atoms with van der Waals surface area (Å²) in [7, 11) is -3.81. The molecule has 6 heteroatoms. The molecule has 0 fully saturated rings. The van der Waals surface area contributed by atoms with Gasteiger partial charge in [-0.25, -0.2) is 4.83 Å². The number of hydrogen-bond donors (Lipinski definition) is 1. The van der Waals surface area contributed by atoms with Gasteiger partial charge in [-0.3, -0.25) is 0 Å². The third kappa shape index (κ3) is 4.65. The smallest absolute Gasteiger partial charge is 0.276 e. The topological polar surface area (TPSA) is 67.8 Å². The number of fused-ring (bicyclic) bond motifs is 1. The van der Waals surface area contributed by atoms with Gasteiger partial charge in [-0.05, 0) is 53.3 Å². The van der Waals surface area contributed by atoms with Crippen molar-refractivity contribution in [1.82, 2.24) is 4.83 Å². The maximum Gasteiger partial charge on any atom is 0.276 e. The van der Waals surface area contributed by atoms with Gasteiger partial charge in [-0.1, -0.05) is 63.2 Å². The lowest BCUT2D eigenvalue weighted by atomic mass is 9.87. The van der Waals surface area contributed by atoms with Crippen molar-refractivity contribution in [3.05, 3.63) is 71.3 Å².